The molecule has 116 valence electrons. The average molecular weight is 291 g/mol. The molecule has 1 aliphatic rings. The minimum atomic E-state index is -0.309. The number of hydrogen-bond acceptors (Lipinski definition) is 4. The average Bonchev–Trinajstić information content (AvgIpc) is 2.67. The molecule has 1 atom stereocenters. The van der Waals surface area contributed by atoms with E-state index in [-0.39, 0.29) is 10.6 Å². The van der Waals surface area contributed by atoms with Crippen molar-refractivity contribution in [2.24, 2.45) is 0 Å². The van der Waals surface area contributed by atoms with Crippen LogP contribution in [-0.4, -0.2) is 35.5 Å². The Kier molecular flexibility index (Phi) is 5.17. The van der Waals surface area contributed by atoms with E-state index in [4.69, 9.17) is 0 Å². The van der Waals surface area contributed by atoms with Gasteiger partial charge in [-0.05, 0) is 57.8 Å². The molecule has 1 aromatic carbocycles. The molecule has 0 bridgehead atoms. The monoisotopic (exact) mass is 291 g/mol. The molecule has 2 rings (SSSR count). The lowest BCUT2D eigenvalue weighted by molar-refractivity contribution is -0.385. The fourth-order valence-electron chi connectivity index (χ4n) is 2.99. The van der Waals surface area contributed by atoms with Crippen molar-refractivity contribution in [3.8, 4) is 0 Å². The normalized spacial score (nSPS) is 20.0. The molecule has 0 amide bonds. The lowest BCUT2D eigenvalue weighted by atomic mass is 10.1. The largest absolute Gasteiger partial charge is 0.382 e. The molecule has 1 aromatic rings. The first-order valence-electron chi connectivity index (χ1n) is 7.75. The SMILES string of the molecule is CCN1CCCC(Nc2cc(C)c([N+](=O)[O-])cc2C)CC1. The number of rotatable bonds is 4. The highest BCUT2D eigenvalue weighted by Crippen LogP contribution is 2.27. The Hall–Kier alpha value is -1.62. The van der Waals surface area contributed by atoms with Crippen LogP contribution in [0.15, 0.2) is 12.1 Å². The van der Waals surface area contributed by atoms with Gasteiger partial charge in [0.25, 0.3) is 5.69 Å². The van der Waals surface area contributed by atoms with Crippen molar-refractivity contribution in [1.82, 2.24) is 4.90 Å². The Labute approximate surface area is 126 Å². The molecule has 0 saturated carbocycles. The number of anilines is 1. The summed E-state index contributed by atoms with van der Waals surface area (Å²) in [6.07, 6.45) is 3.49. The first-order valence-corrected chi connectivity index (χ1v) is 7.75. The number of nitro groups is 1. The highest BCUT2D eigenvalue weighted by molar-refractivity contribution is 5.59. The first-order chi connectivity index (χ1) is 10.0. The maximum Gasteiger partial charge on any atom is 0.272 e. The highest BCUT2D eigenvalue weighted by Gasteiger charge is 2.18. The first kappa shape index (κ1) is 15.8. The maximum atomic E-state index is 11.0. The van der Waals surface area contributed by atoms with E-state index in [1.165, 1.54) is 13.0 Å². The van der Waals surface area contributed by atoms with Gasteiger partial charge in [0.05, 0.1) is 4.92 Å². The third kappa shape index (κ3) is 3.94. The van der Waals surface area contributed by atoms with Crippen LogP contribution in [0.2, 0.25) is 0 Å². The van der Waals surface area contributed by atoms with Gasteiger partial charge in [-0.2, -0.15) is 0 Å². The number of hydrogen-bond donors (Lipinski definition) is 1. The van der Waals surface area contributed by atoms with E-state index in [1.54, 1.807) is 13.0 Å². The van der Waals surface area contributed by atoms with Crippen LogP contribution in [0.1, 0.15) is 37.3 Å². The fraction of sp³-hybridized carbons (Fsp3) is 0.625. The van der Waals surface area contributed by atoms with Crippen molar-refractivity contribution < 1.29 is 4.92 Å². The lowest BCUT2D eigenvalue weighted by Gasteiger charge is -2.20. The maximum absolute atomic E-state index is 11.0. The van der Waals surface area contributed by atoms with Crippen LogP contribution in [0.4, 0.5) is 11.4 Å². The number of nitrogens with zero attached hydrogens (tertiary/aromatic N) is 2. The summed E-state index contributed by atoms with van der Waals surface area (Å²) in [7, 11) is 0. The quantitative estimate of drug-likeness (QED) is 0.681. The van der Waals surface area contributed by atoms with Crippen molar-refractivity contribution >= 4 is 11.4 Å². The van der Waals surface area contributed by atoms with E-state index in [0.29, 0.717) is 6.04 Å². The summed E-state index contributed by atoms with van der Waals surface area (Å²) in [5, 5.41) is 14.6. The summed E-state index contributed by atoms with van der Waals surface area (Å²) in [6.45, 7) is 9.35. The van der Waals surface area contributed by atoms with Gasteiger partial charge in [0.15, 0.2) is 0 Å². The lowest BCUT2D eigenvalue weighted by Crippen LogP contribution is -2.26. The Morgan fingerprint density at radius 3 is 2.71 bits per heavy atom. The predicted molar refractivity (Wildman–Crippen MR) is 85.9 cm³/mol. The zero-order valence-corrected chi connectivity index (χ0v) is 13.2. The molecule has 1 fully saturated rings. The second-order valence-electron chi connectivity index (χ2n) is 5.92. The van der Waals surface area contributed by atoms with Crippen molar-refractivity contribution in [1.29, 1.82) is 0 Å². The zero-order chi connectivity index (χ0) is 15.4. The molecule has 1 saturated heterocycles. The number of likely N-dealkylation sites (tertiary alicyclic amines) is 1. The molecule has 21 heavy (non-hydrogen) atoms. The molecule has 0 radical (unpaired) electrons. The highest BCUT2D eigenvalue weighted by atomic mass is 16.6. The van der Waals surface area contributed by atoms with Crippen LogP contribution in [-0.2, 0) is 0 Å². The summed E-state index contributed by atoms with van der Waals surface area (Å²) < 4.78 is 0. The van der Waals surface area contributed by atoms with Gasteiger partial charge in [-0.15, -0.1) is 0 Å². The van der Waals surface area contributed by atoms with Gasteiger partial charge in [-0.25, -0.2) is 0 Å². The van der Waals surface area contributed by atoms with Gasteiger partial charge in [0, 0.05) is 29.9 Å². The molecular formula is C16H25N3O2. The van der Waals surface area contributed by atoms with E-state index in [0.717, 1.165) is 42.7 Å². The molecule has 1 aliphatic heterocycles. The van der Waals surface area contributed by atoms with Gasteiger partial charge in [-0.3, -0.25) is 10.1 Å². The van der Waals surface area contributed by atoms with Crippen molar-refractivity contribution in [3.63, 3.8) is 0 Å². The van der Waals surface area contributed by atoms with Crippen LogP contribution < -0.4 is 5.32 Å². The van der Waals surface area contributed by atoms with Gasteiger partial charge >= 0.3 is 0 Å². The van der Waals surface area contributed by atoms with Crippen LogP contribution >= 0.6 is 0 Å². The summed E-state index contributed by atoms with van der Waals surface area (Å²) in [5.41, 5.74) is 2.91. The van der Waals surface area contributed by atoms with Crippen LogP contribution in [0.3, 0.4) is 0 Å². The third-order valence-electron chi connectivity index (χ3n) is 4.37. The van der Waals surface area contributed by atoms with E-state index < -0.39 is 0 Å². The second kappa shape index (κ2) is 6.89. The molecule has 1 unspecified atom stereocenters. The standard InChI is InChI=1S/C16H25N3O2/c1-4-18-8-5-6-14(7-9-18)17-15-10-13(3)16(19(20)21)11-12(15)2/h10-11,14,17H,4-9H2,1-3H3. The Morgan fingerprint density at radius 2 is 2.05 bits per heavy atom. The predicted octanol–water partition coefficient (Wildman–Crippen LogP) is 3.50. The summed E-state index contributed by atoms with van der Waals surface area (Å²) in [6, 6.07) is 4.05. The number of nitro benzene ring substituents is 1. The number of nitrogens with one attached hydrogen (secondary N) is 1. The molecule has 0 aromatic heterocycles. The van der Waals surface area contributed by atoms with Gasteiger partial charge in [0.1, 0.15) is 0 Å². The van der Waals surface area contributed by atoms with Crippen LogP contribution in [0.5, 0.6) is 0 Å². The fourth-order valence-corrected chi connectivity index (χ4v) is 2.99. The number of aryl methyl sites for hydroxylation is 2. The molecule has 0 aliphatic carbocycles. The molecule has 1 N–H and O–H groups in total. The van der Waals surface area contributed by atoms with E-state index >= 15 is 0 Å². The second-order valence-corrected chi connectivity index (χ2v) is 5.92. The molecule has 1 heterocycles. The van der Waals surface area contributed by atoms with E-state index in [9.17, 15) is 10.1 Å². The Morgan fingerprint density at radius 1 is 1.29 bits per heavy atom. The molecular weight excluding hydrogens is 266 g/mol. The third-order valence-corrected chi connectivity index (χ3v) is 4.37. The van der Waals surface area contributed by atoms with Crippen LogP contribution in [0, 0.1) is 24.0 Å². The minimum absolute atomic E-state index is 0.205. The van der Waals surface area contributed by atoms with Crippen molar-refractivity contribution in [2.75, 3.05) is 25.0 Å². The summed E-state index contributed by atoms with van der Waals surface area (Å²) in [5.74, 6) is 0. The Balaban J connectivity index is 2.09. The van der Waals surface area contributed by atoms with Crippen molar-refractivity contribution in [2.45, 2.75) is 46.1 Å². The smallest absolute Gasteiger partial charge is 0.272 e. The summed E-state index contributed by atoms with van der Waals surface area (Å²) in [4.78, 5) is 13.1. The van der Waals surface area contributed by atoms with E-state index in [2.05, 4.69) is 17.1 Å². The molecule has 5 heteroatoms. The van der Waals surface area contributed by atoms with Gasteiger partial charge in [0.2, 0.25) is 0 Å². The number of benzene rings is 1. The van der Waals surface area contributed by atoms with Gasteiger partial charge in [-0.1, -0.05) is 6.92 Å². The van der Waals surface area contributed by atoms with Gasteiger partial charge < -0.3 is 10.2 Å². The Bertz CT molecular complexity index is 516. The topological polar surface area (TPSA) is 58.4 Å². The minimum Gasteiger partial charge on any atom is -0.382 e. The molecule has 0 spiro atoms. The van der Waals surface area contributed by atoms with Crippen LogP contribution in [0.25, 0.3) is 0 Å². The zero-order valence-electron chi connectivity index (χ0n) is 13.2. The molecule has 5 nitrogen and oxygen atoms in total. The van der Waals surface area contributed by atoms with E-state index in [1.807, 2.05) is 13.0 Å². The summed E-state index contributed by atoms with van der Waals surface area (Å²) >= 11 is 0. The van der Waals surface area contributed by atoms with Crippen molar-refractivity contribution in [3.05, 3.63) is 33.4 Å².